The van der Waals surface area contributed by atoms with Crippen LogP contribution in [-0.2, 0) is 0 Å². The maximum atomic E-state index is 6.56. The summed E-state index contributed by atoms with van der Waals surface area (Å²) in [7, 11) is 9.31. The van der Waals surface area contributed by atoms with E-state index in [4.69, 9.17) is 39.9 Å². The number of ether oxygens (including phenoxy) is 6. The first-order valence-corrected chi connectivity index (χ1v) is 8.56. The quantitative estimate of drug-likeness (QED) is 0.670. The number of hydrogen-bond donors (Lipinski definition) is 2. The van der Waals surface area contributed by atoms with Gasteiger partial charge in [-0.2, -0.15) is 0 Å². The van der Waals surface area contributed by atoms with Gasteiger partial charge in [0, 0.05) is 24.3 Å². The Labute approximate surface area is 165 Å². The zero-order valence-corrected chi connectivity index (χ0v) is 17.1. The molecule has 0 bridgehead atoms. The van der Waals surface area contributed by atoms with Crippen molar-refractivity contribution < 1.29 is 28.4 Å². The lowest BCUT2D eigenvalue weighted by Crippen LogP contribution is -2.28. The van der Waals surface area contributed by atoms with Crippen molar-refractivity contribution >= 4 is 0 Å². The van der Waals surface area contributed by atoms with Gasteiger partial charge in [-0.05, 0) is 0 Å². The minimum Gasteiger partial charge on any atom is -0.496 e. The molecule has 0 aliphatic heterocycles. The van der Waals surface area contributed by atoms with Gasteiger partial charge >= 0.3 is 0 Å². The average Bonchev–Trinajstić information content (AvgIpc) is 2.75. The minimum absolute atomic E-state index is 0.505. The van der Waals surface area contributed by atoms with Crippen molar-refractivity contribution in [3.05, 3.63) is 35.4 Å². The predicted octanol–water partition coefficient (Wildman–Crippen LogP) is 2.44. The summed E-state index contributed by atoms with van der Waals surface area (Å²) >= 11 is 0. The van der Waals surface area contributed by atoms with Crippen LogP contribution in [-0.4, -0.2) is 42.7 Å². The van der Waals surface area contributed by atoms with E-state index in [2.05, 4.69) is 0 Å². The largest absolute Gasteiger partial charge is 0.496 e. The molecule has 2 rings (SSSR count). The first-order chi connectivity index (χ1) is 13.4. The fourth-order valence-corrected chi connectivity index (χ4v) is 3.08. The van der Waals surface area contributed by atoms with Gasteiger partial charge in [-0.1, -0.05) is 0 Å². The normalized spacial score (nSPS) is 12.7. The highest BCUT2D eigenvalue weighted by atomic mass is 16.5. The van der Waals surface area contributed by atoms with Crippen molar-refractivity contribution in [2.24, 2.45) is 11.5 Å². The van der Waals surface area contributed by atoms with Crippen molar-refractivity contribution in [3.63, 3.8) is 0 Å². The van der Waals surface area contributed by atoms with Gasteiger partial charge in [-0.25, -0.2) is 0 Å². The molecule has 0 amide bonds. The zero-order valence-electron chi connectivity index (χ0n) is 17.1. The second kappa shape index (κ2) is 9.38. The Hall–Kier alpha value is -2.84. The van der Waals surface area contributed by atoms with Gasteiger partial charge in [0.15, 0.2) is 0 Å². The van der Waals surface area contributed by atoms with Crippen molar-refractivity contribution in [1.82, 2.24) is 0 Å². The molecule has 0 aliphatic rings. The molecule has 0 radical (unpaired) electrons. The van der Waals surface area contributed by atoms with Crippen LogP contribution in [0.3, 0.4) is 0 Å². The van der Waals surface area contributed by atoms with Crippen LogP contribution in [0.1, 0.15) is 23.2 Å². The third kappa shape index (κ3) is 4.02. The van der Waals surface area contributed by atoms with Crippen molar-refractivity contribution in [2.45, 2.75) is 12.1 Å². The molecule has 8 heteroatoms. The van der Waals surface area contributed by atoms with Crippen LogP contribution in [0.4, 0.5) is 0 Å². The third-order valence-corrected chi connectivity index (χ3v) is 4.56. The van der Waals surface area contributed by atoms with Gasteiger partial charge in [0.2, 0.25) is 0 Å². The Balaban J connectivity index is 2.61. The predicted molar refractivity (Wildman–Crippen MR) is 106 cm³/mol. The van der Waals surface area contributed by atoms with E-state index in [0.29, 0.717) is 45.6 Å². The number of nitrogens with two attached hydrogens (primary N) is 2. The summed E-state index contributed by atoms with van der Waals surface area (Å²) in [4.78, 5) is 0. The summed E-state index contributed by atoms with van der Waals surface area (Å²) in [6.07, 6.45) is 0. The molecule has 0 unspecified atom stereocenters. The average molecular weight is 392 g/mol. The lowest BCUT2D eigenvalue weighted by Gasteiger charge is -2.27. The topological polar surface area (TPSA) is 107 Å². The number of rotatable bonds is 9. The third-order valence-electron chi connectivity index (χ3n) is 4.56. The summed E-state index contributed by atoms with van der Waals surface area (Å²) in [5.41, 5.74) is 14.3. The molecule has 4 N–H and O–H groups in total. The van der Waals surface area contributed by atoms with Gasteiger partial charge in [0.25, 0.3) is 0 Å². The van der Waals surface area contributed by atoms with Gasteiger partial charge in [0.05, 0.1) is 65.9 Å². The zero-order chi connectivity index (χ0) is 20.8. The summed E-state index contributed by atoms with van der Waals surface area (Å²) < 4.78 is 32.6. The summed E-state index contributed by atoms with van der Waals surface area (Å²) in [5, 5.41) is 0. The Morgan fingerprint density at radius 1 is 0.500 bits per heavy atom. The summed E-state index contributed by atoms with van der Waals surface area (Å²) in [6, 6.07) is 5.54. The molecule has 0 aromatic heterocycles. The van der Waals surface area contributed by atoms with E-state index in [9.17, 15) is 0 Å². The van der Waals surface area contributed by atoms with Crippen LogP contribution < -0.4 is 39.9 Å². The number of benzene rings is 2. The molecule has 2 aromatic rings. The van der Waals surface area contributed by atoms with E-state index < -0.39 is 12.1 Å². The van der Waals surface area contributed by atoms with Gasteiger partial charge in [-0.3, -0.25) is 0 Å². The molecule has 2 atom stereocenters. The van der Waals surface area contributed by atoms with Gasteiger partial charge in [0.1, 0.15) is 34.5 Å². The standard InChI is InChI=1S/C20H28N2O6/c1-23-11-7-13(25-3)17(14(8-11)26-4)19(21)20(22)18-15(27-5)9-12(24-2)10-16(18)28-6/h7-10,19-20H,21-22H2,1-6H3/t19-,20-/m1/s1. The molecule has 0 heterocycles. The Bertz CT molecular complexity index is 694. The van der Waals surface area contributed by atoms with E-state index >= 15 is 0 Å². The van der Waals surface area contributed by atoms with Gasteiger partial charge in [-0.15, -0.1) is 0 Å². The second-order valence-electron chi connectivity index (χ2n) is 5.94. The second-order valence-corrected chi connectivity index (χ2v) is 5.94. The van der Waals surface area contributed by atoms with Crippen LogP contribution in [0.2, 0.25) is 0 Å². The van der Waals surface area contributed by atoms with Crippen LogP contribution in [0.15, 0.2) is 24.3 Å². The lowest BCUT2D eigenvalue weighted by atomic mass is 9.92. The van der Waals surface area contributed by atoms with Gasteiger partial charge < -0.3 is 39.9 Å². The maximum Gasteiger partial charge on any atom is 0.131 e. The SMILES string of the molecule is COc1cc(OC)c([C@@H](N)[C@H](N)c2c(OC)cc(OC)cc2OC)c(OC)c1. The van der Waals surface area contributed by atoms with E-state index in [1.165, 1.54) is 0 Å². The van der Waals surface area contributed by atoms with Crippen LogP contribution in [0, 0.1) is 0 Å². The smallest absolute Gasteiger partial charge is 0.131 e. The van der Waals surface area contributed by atoms with E-state index in [0.717, 1.165) is 0 Å². The van der Waals surface area contributed by atoms with E-state index in [1.54, 1.807) is 66.9 Å². The molecule has 0 spiro atoms. The monoisotopic (exact) mass is 392 g/mol. The number of hydrogen-bond acceptors (Lipinski definition) is 8. The summed E-state index contributed by atoms with van der Waals surface area (Å²) in [5.74, 6) is 3.18. The molecule has 28 heavy (non-hydrogen) atoms. The molecule has 0 saturated carbocycles. The fraction of sp³-hybridized carbons (Fsp3) is 0.400. The molecule has 154 valence electrons. The highest BCUT2D eigenvalue weighted by molar-refractivity contribution is 5.56. The molecule has 0 saturated heterocycles. The number of methoxy groups -OCH3 is 6. The van der Waals surface area contributed by atoms with Crippen LogP contribution >= 0.6 is 0 Å². The molecular weight excluding hydrogens is 364 g/mol. The minimum atomic E-state index is -0.688. The molecular formula is C20H28N2O6. The maximum absolute atomic E-state index is 6.56. The fourth-order valence-electron chi connectivity index (χ4n) is 3.08. The molecule has 2 aromatic carbocycles. The van der Waals surface area contributed by atoms with Crippen LogP contribution in [0.25, 0.3) is 0 Å². The van der Waals surface area contributed by atoms with Crippen molar-refractivity contribution in [1.29, 1.82) is 0 Å². The Morgan fingerprint density at radius 2 is 0.750 bits per heavy atom. The first kappa shape index (κ1) is 21.5. The highest BCUT2D eigenvalue weighted by Crippen LogP contribution is 2.45. The van der Waals surface area contributed by atoms with Crippen LogP contribution in [0.5, 0.6) is 34.5 Å². The van der Waals surface area contributed by atoms with Crippen molar-refractivity contribution in [3.8, 4) is 34.5 Å². The molecule has 8 nitrogen and oxygen atoms in total. The Morgan fingerprint density at radius 3 is 0.929 bits per heavy atom. The van der Waals surface area contributed by atoms with E-state index in [-0.39, 0.29) is 0 Å². The Kier molecular flexibility index (Phi) is 7.19. The first-order valence-electron chi connectivity index (χ1n) is 8.56. The summed E-state index contributed by atoms with van der Waals surface area (Å²) in [6.45, 7) is 0. The molecule has 0 fully saturated rings. The molecule has 0 aliphatic carbocycles. The lowest BCUT2D eigenvalue weighted by molar-refractivity contribution is 0.347. The van der Waals surface area contributed by atoms with E-state index in [1.807, 2.05) is 0 Å². The van der Waals surface area contributed by atoms with Crippen molar-refractivity contribution in [2.75, 3.05) is 42.7 Å². The highest BCUT2D eigenvalue weighted by Gasteiger charge is 2.30.